The van der Waals surface area contributed by atoms with E-state index in [0.29, 0.717) is 28.9 Å². The van der Waals surface area contributed by atoms with Crippen LogP contribution in [0.15, 0.2) is 65.9 Å². The van der Waals surface area contributed by atoms with Crippen LogP contribution >= 0.6 is 11.8 Å². The number of anilines is 1. The molecular weight excluding hydrogens is 536 g/mol. The van der Waals surface area contributed by atoms with Crippen LogP contribution < -0.4 is 15.5 Å². The molecule has 0 saturated heterocycles. The maximum Gasteiger partial charge on any atom is 0.355 e. The largest absolute Gasteiger partial charge is 0.487 e. The average Bonchev–Trinajstić information content (AvgIpc) is 3.07. The monoisotopic (exact) mass is 563 g/mol. The number of aromatic nitrogens is 2. The van der Waals surface area contributed by atoms with Crippen LogP contribution in [-0.2, 0) is 22.7 Å². The molecule has 8 nitrogen and oxygen atoms in total. The molecule has 3 heterocycles. The van der Waals surface area contributed by atoms with E-state index >= 15 is 0 Å². The summed E-state index contributed by atoms with van der Waals surface area (Å²) in [7, 11) is 1.98. The lowest BCUT2D eigenvalue weighted by atomic mass is 10.0. The van der Waals surface area contributed by atoms with Crippen molar-refractivity contribution >= 4 is 40.2 Å². The van der Waals surface area contributed by atoms with E-state index in [1.807, 2.05) is 37.4 Å². The molecule has 1 atom stereocenters. The topological polar surface area (TPSA) is 103 Å². The molecule has 0 fully saturated rings. The molecule has 4 aromatic rings. The second kappa shape index (κ2) is 11.9. The Kier molecular flexibility index (Phi) is 8.11. The SMILES string of the molecule is CCOC(=O)C(CSC1c2cc(OCc3ccc4cc(F)c(F)cc4n3)ccc2CN(C)c2ncccc21)=NN. The van der Waals surface area contributed by atoms with E-state index < -0.39 is 17.6 Å². The predicted octanol–water partition coefficient (Wildman–Crippen LogP) is 5.14. The van der Waals surface area contributed by atoms with Crippen LogP contribution in [0.25, 0.3) is 10.9 Å². The number of halogens is 2. The number of carbonyl (C=O) groups excluding carboxylic acids is 1. The van der Waals surface area contributed by atoms with Crippen molar-refractivity contribution in [2.75, 3.05) is 24.3 Å². The van der Waals surface area contributed by atoms with Crippen molar-refractivity contribution in [2.24, 2.45) is 10.9 Å². The molecule has 206 valence electrons. The molecule has 11 heteroatoms. The normalized spacial score (nSPS) is 14.8. The van der Waals surface area contributed by atoms with Crippen LogP contribution in [-0.4, -0.2) is 41.1 Å². The number of benzene rings is 2. The number of ether oxygens (including phenoxy) is 2. The Labute approximate surface area is 234 Å². The standard InChI is InChI=1S/C29H27F2N5O3S/c1-3-38-29(37)26(35-32)16-40-27-21-5-4-10-33-28(21)36(2)14-18-7-9-20(12-22(18)27)39-15-19-8-6-17-11-23(30)24(31)13-25(17)34-19/h4-13,27H,3,14-16,32H2,1-2H3. The van der Waals surface area contributed by atoms with Crippen molar-refractivity contribution in [3.63, 3.8) is 0 Å². The molecule has 1 unspecified atom stereocenters. The quantitative estimate of drug-likeness (QED) is 0.136. The average molecular weight is 564 g/mol. The molecule has 1 aliphatic rings. The molecule has 2 N–H and O–H groups in total. The van der Waals surface area contributed by atoms with Crippen LogP contribution in [0.4, 0.5) is 14.6 Å². The predicted molar refractivity (Wildman–Crippen MR) is 151 cm³/mol. The molecule has 0 radical (unpaired) electrons. The van der Waals surface area contributed by atoms with Gasteiger partial charge in [-0.2, -0.15) is 5.10 Å². The number of fused-ring (bicyclic) bond motifs is 3. The van der Waals surface area contributed by atoms with E-state index in [9.17, 15) is 13.6 Å². The highest BCUT2D eigenvalue weighted by Gasteiger charge is 2.29. The Morgan fingerprint density at radius 1 is 1.15 bits per heavy atom. The number of nitrogens with two attached hydrogens (primary N) is 1. The molecule has 2 aromatic heterocycles. The van der Waals surface area contributed by atoms with Gasteiger partial charge in [-0.3, -0.25) is 0 Å². The first-order valence-corrected chi connectivity index (χ1v) is 13.6. The van der Waals surface area contributed by atoms with Crippen molar-refractivity contribution in [2.45, 2.75) is 25.3 Å². The molecule has 0 saturated carbocycles. The van der Waals surface area contributed by atoms with Crippen molar-refractivity contribution in [3.05, 3.63) is 94.8 Å². The third kappa shape index (κ3) is 5.69. The van der Waals surface area contributed by atoms with Gasteiger partial charge in [-0.1, -0.05) is 18.2 Å². The number of rotatable bonds is 8. The first-order valence-electron chi connectivity index (χ1n) is 12.6. The summed E-state index contributed by atoms with van der Waals surface area (Å²) in [6.45, 7) is 2.72. The molecule has 0 amide bonds. The van der Waals surface area contributed by atoms with Crippen LogP contribution in [0.2, 0.25) is 0 Å². The zero-order valence-corrected chi connectivity index (χ0v) is 22.8. The second-order valence-electron chi connectivity index (χ2n) is 9.17. The van der Waals surface area contributed by atoms with Crippen molar-refractivity contribution in [1.29, 1.82) is 0 Å². The molecule has 2 aromatic carbocycles. The molecular formula is C29H27F2N5O3S. The minimum Gasteiger partial charge on any atom is -0.487 e. The Morgan fingerprint density at radius 3 is 2.77 bits per heavy atom. The summed E-state index contributed by atoms with van der Waals surface area (Å²) in [5.74, 6) is 4.81. The third-order valence-electron chi connectivity index (χ3n) is 6.50. The fourth-order valence-electron chi connectivity index (χ4n) is 4.58. The van der Waals surface area contributed by atoms with Gasteiger partial charge in [-0.15, -0.1) is 11.8 Å². The van der Waals surface area contributed by atoms with Crippen LogP contribution in [0.5, 0.6) is 5.75 Å². The van der Waals surface area contributed by atoms with Gasteiger partial charge >= 0.3 is 5.97 Å². The van der Waals surface area contributed by atoms with Gasteiger partial charge in [0.15, 0.2) is 17.3 Å². The summed E-state index contributed by atoms with van der Waals surface area (Å²) in [4.78, 5) is 23.4. The molecule has 0 bridgehead atoms. The van der Waals surface area contributed by atoms with Crippen molar-refractivity contribution < 1.29 is 23.0 Å². The molecule has 5 rings (SSSR count). The number of esters is 1. The van der Waals surface area contributed by atoms with Crippen LogP contribution in [0, 0.1) is 11.6 Å². The molecule has 0 spiro atoms. The smallest absolute Gasteiger partial charge is 0.355 e. The van der Waals surface area contributed by atoms with E-state index in [1.54, 1.807) is 25.3 Å². The van der Waals surface area contributed by atoms with Gasteiger partial charge in [0.2, 0.25) is 0 Å². The maximum atomic E-state index is 13.7. The lowest BCUT2D eigenvalue weighted by molar-refractivity contribution is -0.135. The van der Waals surface area contributed by atoms with Crippen molar-refractivity contribution in [3.8, 4) is 5.75 Å². The number of hydrogen-bond donors (Lipinski definition) is 1. The van der Waals surface area contributed by atoms with E-state index in [0.717, 1.165) is 34.6 Å². The summed E-state index contributed by atoms with van der Waals surface area (Å²) in [5.41, 5.74) is 4.13. The lowest BCUT2D eigenvalue weighted by Gasteiger charge is -2.21. The number of carbonyl (C=O) groups is 1. The molecule has 40 heavy (non-hydrogen) atoms. The zero-order valence-electron chi connectivity index (χ0n) is 21.9. The Morgan fingerprint density at radius 2 is 1.98 bits per heavy atom. The van der Waals surface area contributed by atoms with Crippen LogP contribution in [0.3, 0.4) is 0 Å². The maximum absolute atomic E-state index is 13.7. The van der Waals surface area contributed by atoms with Gasteiger partial charge in [0.05, 0.1) is 23.1 Å². The van der Waals surface area contributed by atoms with Gasteiger partial charge in [-0.25, -0.2) is 23.5 Å². The minimum atomic E-state index is -0.946. The molecule has 1 aliphatic heterocycles. The van der Waals surface area contributed by atoms with E-state index in [4.69, 9.17) is 15.3 Å². The minimum absolute atomic E-state index is 0.135. The highest BCUT2D eigenvalue weighted by atomic mass is 32.2. The summed E-state index contributed by atoms with van der Waals surface area (Å²) >= 11 is 1.50. The third-order valence-corrected chi connectivity index (χ3v) is 7.78. The Balaban J connectivity index is 1.43. The zero-order chi connectivity index (χ0) is 28.2. The summed E-state index contributed by atoms with van der Waals surface area (Å²) in [5, 5.41) is 3.98. The summed E-state index contributed by atoms with van der Waals surface area (Å²) in [6.07, 6.45) is 1.75. The number of hydrazone groups is 1. The Bertz CT molecular complexity index is 1600. The number of hydrogen-bond acceptors (Lipinski definition) is 9. The number of nitrogens with zero attached hydrogens (tertiary/aromatic N) is 4. The van der Waals surface area contributed by atoms with Gasteiger partial charge < -0.3 is 20.2 Å². The number of pyridine rings is 2. The summed E-state index contributed by atoms with van der Waals surface area (Å²) < 4.78 is 38.5. The van der Waals surface area contributed by atoms with E-state index in [1.165, 1.54) is 11.8 Å². The molecule has 0 aliphatic carbocycles. The first kappa shape index (κ1) is 27.3. The second-order valence-corrected chi connectivity index (χ2v) is 10.3. The van der Waals surface area contributed by atoms with Gasteiger partial charge in [-0.05, 0) is 48.4 Å². The number of thioether (sulfide) groups is 1. The fraction of sp³-hybridized carbons (Fsp3) is 0.241. The van der Waals surface area contributed by atoms with Gasteiger partial charge in [0.25, 0.3) is 0 Å². The van der Waals surface area contributed by atoms with Gasteiger partial charge in [0, 0.05) is 42.6 Å². The van der Waals surface area contributed by atoms with Gasteiger partial charge in [0.1, 0.15) is 18.2 Å². The highest BCUT2D eigenvalue weighted by Crippen LogP contribution is 2.44. The highest BCUT2D eigenvalue weighted by molar-refractivity contribution is 8.00. The van der Waals surface area contributed by atoms with Crippen LogP contribution in [0.1, 0.15) is 34.6 Å². The van der Waals surface area contributed by atoms with E-state index in [2.05, 4.69) is 20.0 Å². The lowest BCUT2D eigenvalue weighted by Crippen LogP contribution is -2.22. The van der Waals surface area contributed by atoms with Crippen molar-refractivity contribution in [1.82, 2.24) is 9.97 Å². The fourth-order valence-corrected chi connectivity index (χ4v) is 5.86. The summed E-state index contributed by atoms with van der Waals surface area (Å²) in [6, 6.07) is 15.4. The van der Waals surface area contributed by atoms with E-state index in [-0.39, 0.29) is 29.9 Å². The Hall–Kier alpha value is -4.25. The first-order chi connectivity index (χ1) is 19.4.